The number of ketones is 1. The molecule has 3 aliphatic rings. The first-order valence-corrected chi connectivity index (χ1v) is 37.9. The number of pyridine rings is 1. The van der Waals surface area contributed by atoms with Gasteiger partial charge in [-0.3, -0.25) is 38.5 Å². The lowest BCUT2D eigenvalue weighted by atomic mass is 9.51. The zero-order valence-electron chi connectivity index (χ0n) is 58.1. The Hall–Kier alpha value is -8.38. The molecule has 2 saturated carbocycles. The number of anilines is 3. The highest BCUT2D eigenvalue weighted by Crippen LogP contribution is 2.60. The summed E-state index contributed by atoms with van der Waals surface area (Å²) in [5.74, 6) is -3.84. The number of carboxylic acids is 1. The van der Waals surface area contributed by atoms with Crippen molar-refractivity contribution >= 4 is 112 Å². The highest BCUT2D eigenvalue weighted by atomic mass is 79.9. The van der Waals surface area contributed by atoms with Gasteiger partial charge < -0.3 is 51.4 Å². The molecule has 9 rings (SSSR count). The lowest BCUT2D eigenvalue weighted by Crippen LogP contribution is -2.55. The van der Waals surface area contributed by atoms with Gasteiger partial charge in [0, 0.05) is 92.6 Å². The van der Waals surface area contributed by atoms with Gasteiger partial charge in [-0.25, -0.2) is 24.4 Å². The number of primary amides is 1. The molecule has 3 aromatic carbocycles. The molecule has 101 heavy (non-hydrogen) atoms. The number of ether oxygens (including phenoxy) is 2. The minimum atomic E-state index is -4.50. The number of Topliss-reactive ketones (excluding diaryl/α,β-unsaturated/α-hetero) is 1. The van der Waals surface area contributed by atoms with Gasteiger partial charge in [0.1, 0.15) is 12.4 Å². The normalized spacial score (nSPS) is 19.3. The van der Waals surface area contributed by atoms with Gasteiger partial charge in [-0.2, -0.15) is 13.5 Å². The highest BCUT2D eigenvalue weighted by Gasteiger charge is 2.56. The highest BCUT2D eigenvalue weighted by molar-refractivity contribution is 9.09. The SMILES string of the molecule is Cc1c(-c2ccc(N3CCc4cccc(C(=O)Nc5nc6ccccc6s5)c4C3)nc2C(=O)O)cnn1CC1(C)CC2(C)CC(C)CC(OCCN(CCS(=O)(=O)O)C(=O)OCc3ccc(NC(=O)[C@H](CCCNC(N)=O)CC(=O)[C@@H](NC(=O)CCCCCNC(=O)CBr)C(C)C)cc3)(C2)C1. The van der Waals surface area contributed by atoms with Gasteiger partial charge in [0.05, 0.1) is 45.7 Å². The largest absolute Gasteiger partial charge is 0.476 e. The zero-order valence-corrected chi connectivity index (χ0v) is 61.3. The maximum atomic E-state index is 13.9. The number of unbranched alkanes of at least 4 members (excludes halogenated alkanes) is 2. The summed E-state index contributed by atoms with van der Waals surface area (Å²) in [6, 6.07) is 21.8. The summed E-state index contributed by atoms with van der Waals surface area (Å²) in [7, 11) is -4.50. The molecule has 2 aliphatic carbocycles. The maximum absolute atomic E-state index is 13.9. The predicted molar refractivity (Wildman–Crippen MR) is 388 cm³/mol. The monoisotopic (exact) mass is 1490 g/mol. The Kier molecular flexibility index (Phi) is 25.9. The molecule has 6 atom stereocenters. The molecule has 0 saturated heterocycles. The summed E-state index contributed by atoms with van der Waals surface area (Å²) in [5.41, 5.74) is 9.83. The van der Waals surface area contributed by atoms with Crippen LogP contribution in [0.3, 0.4) is 0 Å². The summed E-state index contributed by atoms with van der Waals surface area (Å²) in [4.78, 5) is 117. The van der Waals surface area contributed by atoms with Crippen LogP contribution in [0.5, 0.6) is 0 Å². The molecule has 26 nitrogen and oxygen atoms in total. The first kappa shape index (κ1) is 76.8. The van der Waals surface area contributed by atoms with Crippen LogP contribution in [0.1, 0.15) is 155 Å². The van der Waals surface area contributed by atoms with Crippen LogP contribution < -0.4 is 37.2 Å². The minimum Gasteiger partial charge on any atom is -0.476 e. The number of rotatable bonds is 34. The van der Waals surface area contributed by atoms with E-state index in [1.807, 2.05) is 59.0 Å². The van der Waals surface area contributed by atoms with E-state index in [0.717, 1.165) is 52.7 Å². The summed E-state index contributed by atoms with van der Waals surface area (Å²) in [6.07, 6.45) is 7.79. The molecular formula is C72H93BrN12O14S2. The first-order chi connectivity index (χ1) is 48.0. The van der Waals surface area contributed by atoms with Crippen LogP contribution in [0.2, 0.25) is 0 Å². The summed E-state index contributed by atoms with van der Waals surface area (Å²) in [5, 5.41) is 30.3. The van der Waals surface area contributed by atoms with Gasteiger partial charge in [0.2, 0.25) is 17.7 Å². The summed E-state index contributed by atoms with van der Waals surface area (Å²) < 4.78 is 49.6. The number of aromatic carboxylic acids is 1. The second kappa shape index (κ2) is 34.1. The van der Waals surface area contributed by atoms with E-state index in [-0.39, 0.29) is 103 Å². The fourth-order valence-corrected chi connectivity index (χ4v) is 16.8. The van der Waals surface area contributed by atoms with Gasteiger partial charge in [0.15, 0.2) is 16.6 Å². The molecule has 2 fully saturated rings. The molecule has 29 heteroatoms. The molecule has 1 aliphatic heterocycles. The number of fused-ring (bicyclic) bond motifs is 4. The molecule has 7 amide bonds. The number of urea groups is 1. The maximum Gasteiger partial charge on any atom is 0.410 e. The van der Waals surface area contributed by atoms with Gasteiger partial charge in [0.25, 0.3) is 16.0 Å². The van der Waals surface area contributed by atoms with Crippen LogP contribution in [0.25, 0.3) is 21.3 Å². The number of hydrogen-bond acceptors (Lipinski definition) is 17. The van der Waals surface area contributed by atoms with Gasteiger partial charge in [-0.15, -0.1) is 0 Å². The van der Waals surface area contributed by atoms with E-state index in [4.69, 9.17) is 25.3 Å². The third-order valence-corrected chi connectivity index (χ3v) is 21.4. The van der Waals surface area contributed by atoms with Crippen molar-refractivity contribution in [2.45, 2.75) is 156 Å². The van der Waals surface area contributed by atoms with E-state index in [1.54, 1.807) is 56.4 Å². The van der Waals surface area contributed by atoms with Crippen molar-refractivity contribution < 1.29 is 65.9 Å². The molecule has 4 heterocycles. The number of nitrogens with two attached hydrogens (primary N) is 1. The number of alkyl halides is 1. The van der Waals surface area contributed by atoms with Gasteiger partial charge in [-0.1, -0.05) is 105 Å². The number of carboxylic acid groups (broad SMARTS) is 1. The number of aromatic nitrogens is 4. The second-order valence-electron chi connectivity index (χ2n) is 28.3. The number of hydrogen-bond donors (Lipinski definition) is 8. The fourth-order valence-electron chi connectivity index (χ4n) is 15.2. The third kappa shape index (κ3) is 21.1. The number of para-hydroxylation sites is 1. The molecule has 0 spiro atoms. The molecule has 6 aromatic rings. The Labute approximate surface area is 601 Å². The van der Waals surface area contributed by atoms with E-state index in [0.29, 0.717) is 110 Å². The number of thiazole rings is 1. The third-order valence-electron chi connectivity index (χ3n) is 19.2. The van der Waals surface area contributed by atoms with Crippen LogP contribution in [0.15, 0.2) is 85.1 Å². The van der Waals surface area contributed by atoms with Crippen LogP contribution in [0.4, 0.5) is 26.2 Å². The first-order valence-electron chi connectivity index (χ1n) is 34.4. The predicted octanol–water partition coefficient (Wildman–Crippen LogP) is 10.5. The van der Waals surface area contributed by atoms with E-state index >= 15 is 0 Å². The van der Waals surface area contributed by atoms with Crippen LogP contribution in [-0.4, -0.2) is 152 Å². The van der Waals surface area contributed by atoms with Crippen molar-refractivity contribution in [2.24, 2.45) is 34.3 Å². The van der Waals surface area contributed by atoms with Crippen LogP contribution >= 0.6 is 27.3 Å². The summed E-state index contributed by atoms with van der Waals surface area (Å²) >= 11 is 4.50. The molecule has 2 bridgehead atoms. The average molecular weight is 1490 g/mol. The summed E-state index contributed by atoms with van der Waals surface area (Å²) in [6.45, 7) is 13.6. The Morgan fingerprint density at radius 3 is 2.35 bits per heavy atom. The number of halogens is 1. The number of nitrogens with zero attached hydrogens (tertiary/aromatic N) is 6. The smallest absolute Gasteiger partial charge is 0.410 e. The zero-order chi connectivity index (χ0) is 72.8. The Bertz CT molecular complexity index is 4080. The van der Waals surface area contributed by atoms with E-state index in [2.05, 4.69) is 68.3 Å². The molecule has 3 aromatic heterocycles. The fraction of sp³-hybridized carbons (Fsp3) is 0.514. The lowest BCUT2D eigenvalue weighted by molar-refractivity contribution is -0.179. The number of nitrogens with one attached hydrogen (secondary N) is 5. The number of carbonyl (C=O) groups is 8. The van der Waals surface area contributed by atoms with Crippen molar-refractivity contribution in [3.8, 4) is 11.1 Å². The number of amides is 7. The molecule has 544 valence electrons. The van der Waals surface area contributed by atoms with E-state index < -0.39 is 57.4 Å². The van der Waals surface area contributed by atoms with Crippen molar-refractivity contribution in [1.29, 1.82) is 0 Å². The van der Waals surface area contributed by atoms with Crippen molar-refractivity contribution in [3.05, 3.63) is 119 Å². The average Bonchev–Trinajstić information content (AvgIpc) is 1.29. The Morgan fingerprint density at radius 2 is 1.62 bits per heavy atom. The topological polar surface area (TPSA) is 366 Å². The standard InChI is InChI=1S/C72H93BrN12O14S2/c1-45(2)62(81-60(87)19-8-7-11-27-75-61(88)37-73)57(86)34-50(15-13-28-76-67(74)93)64(89)78-51-22-20-48(21-23-51)40-98-69(94)83(31-33-101(95,96)97)30-32-99-72-36-46(3)35-70(5,42-72)41-71(6,43-72)44-85-47(4)54(38-77-85)52-24-25-59(80-63(52)66(91)92)84-29-26-49-14-12-16-53(55(49)39-84)65(90)82-68-79-56-17-9-10-18-58(56)100-68/h9-10,12,14,16-18,20-25,38,45-46,50,62H,7-8,11,13,15,19,26-37,39-44H2,1-6H3,(H,75,88)(H,78,89)(H,81,87)(H,91,92)(H3,74,76,93)(H,79,82,90)(H,95,96,97)/t46?,50-,62+,70?,71?,72?/m1/s1. The Balaban J connectivity index is 0.810. The lowest BCUT2D eigenvalue weighted by Gasteiger charge is -2.58. The molecule has 9 N–H and O–H groups in total. The van der Waals surface area contributed by atoms with Gasteiger partial charge >= 0.3 is 18.1 Å². The Morgan fingerprint density at radius 1 is 0.861 bits per heavy atom. The number of carbonyl (C=O) groups excluding carboxylic acids is 7. The van der Waals surface area contributed by atoms with Crippen molar-refractivity contribution in [1.82, 2.24) is 40.6 Å². The van der Waals surface area contributed by atoms with E-state index in [1.165, 1.54) is 16.2 Å². The quantitative estimate of drug-likeness (QED) is 0.0106. The van der Waals surface area contributed by atoms with E-state index in [9.17, 15) is 56.4 Å². The minimum absolute atomic E-state index is 0.0221. The second-order valence-corrected chi connectivity index (χ2v) is 31.5. The molecule has 0 radical (unpaired) electrons. The van der Waals surface area contributed by atoms with Gasteiger partial charge in [-0.05, 0) is 153 Å². The van der Waals surface area contributed by atoms with Crippen LogP contribution in [-0.2, 0) is 64.9 Å². The number of benzene rings is 3. The van der Waals surface area contributed by atoms with Crippen LogP contribution in [0, 0.1) is 35.5 Å². The van der Waals surface area contributed by atoms with Crippen molar-refractivity contribution in [3.63, 3.8) is 0 Å². The molecular weight excluding hydrogens is 1400 g/mol. The van der Waals surface area contributed by atoms with Crippen molar-refractivity contribution in [2.75, 3.05) is 65.9 Å². The molecule has 4 unspecified atom stereocenters.